The third-order valence-corrected chi connectivity index (χ3v) is 5.93. The number of carbonyl (C=O) groups is 2. The Morgan fingerprint density at radius 2 is 2.07 bits per heavy atom. The number of nitrogens with one attached hydrogen (secondary N) is 1. The highest BCUT2D eigenvalue weighted by atomic mass is 35.5. The number of fused-ring (bicyclic) bond motifs is 1. The fourth-order valence-corrected chi connectivity index (χ4v) is 4.51. The molecule has 4 atom stereocenters. The molecule has 0 radical (unpaired) electrons. The second-order valence-electron chi connectivity index (χ2n) is 7.38. The maximum absolute atomic E-state index is 13.2. The Labute approximate surface area is 163 Å². The van der Waals surface area contributed by atoms with Crippen LogP contribution in [0.5, 0.6) is 0 Å². The number of aliphatic hydroxyl groups is 1. The molecular weight excluding hydrogens is 368 g/mol. The second kappa shape index (κ2) is 7.26. The van der Waals surface area contributed by atoms with Crippen LogP contribution in [0.25, 0.3) is 0 Å². The van der Waals surface area contributed by atoms with Gasteiger partial charge in [0.2, 0.25) is 11.8 Å². The van der Waals surface area contributed by atoms with Crippen LogP contribution in [0.15, 0.2) is 36.4 Å². The van der Waals surface area contributed by atoms with Crippen molar-refractivity contribution in [1.82, 2.24) is 5.32 Å². The first-order valence-electron chi connectivity index (χ1n) is 9.38. The first-order valence-corrected chi connectivity index (χ1v) is 9.76. The van der Waals surface area contributed by atoms with E-state index < -0.39 is 17.4 Å². The van der Waals surface area contributed by atoms with Crippen LogP contribution in [-0.4, -0.2) is 48.3 Å². The number of aliphatic hydroxyl groups excluding tert-OH is 1. The first-order chi connectivity index (χ1) is 13.1. The van der Waals surface area contributed by atoms with Crippen LogP contribution in [0.3, 0.4) is 0 Å². The lowest BCUT2D eigenvalue weighted by Crippen LogP contribution is -2.44. The number of halogens is 1. The zero-order valence-corrected chi connectivity index (χ0v) is 15.7. The summed E-state index contributed by atoms with van der Waals surface area (Å²) in [6.07, 6.45) is 5.91. The quantitative estimate of drug-likeness (QED) is 0.550. The molecule has 1 spiro atoms. The van der Waals surface area contributed by atoms with E-state index in [1.165, 1.54) is 0 Å². The highest BCUT2D eigenvalue weighted by Crippen LogP contribution is 2.52. The summed E-state index contributed by atoms with van der Waals surface area (Å²) >= 11 is 5.95. The number of benzene rings is 1. The van der Waals surface area contributed by atoms with Gasteiger partial charge in [-0.2, -0.15) is 0 Å². The lowest BCUT2D eigenvalue weighted by molar-refractivity contribution is -0.131. The highest BCUT2D eigenvalue weighted by molar-refractivity contribution is 6.30. The summed E-state index contributed by atoms with van der Waals surface area (Å²) in [4.78, 5) is 27.6. The van der Waals surface area contributed by atoms with Gasteiger partial charge in [0.05, 0.1) is 24.5 Å². The molecule has 3 aliphatic heterocycles. The summed E-state index contributed by atoms with van der Waals surface area (Å²) in [6.45, 7) is 1.11. The van der Waals surface area contributed by atoms with Crippen molar-refractivity contribution >= 4 is 29.1 Å². The summed E-state index contributed by atoms with van der Waals surface area (Å²) in [5, 5.41) is 12.4. The largest absolute Gasteiger partial charge is 0.396 e. The van der Waals surface area contributed by atoms with Crippen molar-refractivity contribution in [2.45, 2.75) is 31.0 Å². The van der Waals surface area contributed by atoms with Gasteiger partial charge in [0.25, 0.3) is 0 Å². The number of anilines is 1. The minimum absolute atomic E-state index is 0.0791. The molecule has 1 aromatic rings. The van der Waals surface area contributed by atoms with Gasteiger partial charge in [-0.1, -0.05) is 23.8 Å². The Kier molecular flexibility index (Phi) is 4.97. The molecule has 2 N–H and O–H groups in total. The van der Waals surface area contributed by atoms with E-state index in [1.54, 1.807) is 17.0 Å². The van der Waals surface area contributed by atoms with E-state index in [4.69, 9.17) is 21.4 Å². The average molecular weight is 391 g/mol. The summed E-state index contributed by atoms with van der Waals surface area (Å²) in [5.41, 5.74) is 0.0390. The van der Waals surface area contributed by atoms with Gasteiger partial charge < -0.3 is 20.1 Å². The standard InChI is InChI=1S/C20H23ClN2O4/c21-13-4-6-14(7-5-13)23-12-20-9-8-15(27-20)16(17(20)19(23)26)18(25)22-10-2-1-3-11-24/h4-9,15-17,24H,1-3,10-12H2,(H,22,25)/t15-,16-,17+,20-/m1/s1. The number of nitrogens with zero attached hydrogens (tertiary/aromatic N) is 1. The van der Waals surface area contributed by atoms with Crippen LogP contribution >= 0.6 is 11.6 Å². The summed E-state index contributed by atoms with van der Waals surface area (Å²) < 4.78 is 6.11. The summed E-state index contributed by atoms with van der Waals surface area (Å²) in [5.74, 6) is -1.21. The van der Waals surface area contributed by atoms with E-state index in [0.29, 0.717) is 18.1 Å². The van der Waals surface area contributed by atoms with Crippen LogP contribution in [0.1, 0.15) is 19.3 Å². The molecule has 0 unspecified atom stereocenters. The van der Waals surface area contributed by atoms with Crippen molar-refractivity contribution in [3.8, 4) is 0 Å². The molecule has 0 saturated carbocycles. The zero-order chi connectivity index (χ0) is 19.0. The van der Waals surface area contributed by atoms with E-state index in [1.807, 2.05) is 24.3 Å². The maximum Gasteiger partial charge on any atom is 0.234 e. The van der Waals surface area contributed by atoms with Crippen molar-refractivity contribution in [3.63, 3.8) is 0 Å². The predicted octanol–water partition coefficient (Wildman–Crippen LogP) is 1.91. The minimum atomic E-state index is -0.722. The van der Waals surface area contributed by atoms with Gasteiger partial charge >= 0.3 is 0 Å². The van der Waals surface area contributed by atoms with E-state index in [9.17, 15) is 9.59 Å². The summed E-state index contributed by atoms with van der Waals surface area (Å²) in [6, 6.07) is 7.12. The first kappa shape index (κ1) is 18.5. The van der Waals surface area contributed by atoms with E-state index in [2.05, 4.69) is 5.32 Å². The van der Waals surface area contributed by atoms with Crippen LogP contribution in [-0.2, 0) is 14.3 Å². The van der Waals surface area contributed by atoms with Gasteiger partial charge in [0.15, 0.2) is 0 Å². The van der Waals surface area contributed by atoms with Crippen LogP contribution < -0.4 is 10.2 Å². The van der Waals surface area contributed by atoms with Gasteiger partial charge in [0, 0.05) is 23.9 Å². The number of rotatable bonds is 7. The molecular formula is C20H23ClN2O4. The van der Waals surface area contributed by atoms with Gasteiger partial charge in [-0.3, -0.25) is 9.59 Å². The Bertz CT molecular complexity index is 766. The number of hydrogen-bond acceptors (Lipinski definition) is 4. The molecule has 4 rings (SSSR count). The van der Waals surface area contributed by atoms with Crippen LogP contribution in [0.4, 0.5) is 5.69 Å². The maximum atomic E-state index is 13.2. The molecule has 6 nitrogen and oxygen atoms in total. The predicted molar refractivity (Wildman–Crippen MR) is 101 cm³/mol. The molecule has 0 aliphatic carbocycles. The molecule has 3 heterocycles. The molecule has 144 valence electrons. The van der Waals surface area contributed by atoms with Gasteiger partial charge in [-0.15, -0.1) is 0 Å². The smallest absolute Gasteiger partial charge is 0.234 e. The van der Waals surface area contributed by atoms with Crippen molar-refractivity contribution < 1.29 is 19.4 Å². The fourth-order valence-electron chi connectivity index (χ4n) is 4.38. The third-order valence-electron chi connectivity index (χ3n) is 5.68. The Hall–Kier alpha value is -1.89. The molecule has 2 saturated heterocycles. The number of carbonyl (C=O) groups excluding carboxylic acids is 2. The molecule has 2 bridgehead atoms. The molecule has 3 aliphatic rings. The topological polar surface area (TPSA) is 78.9 Å². The minimum Gasteiger partial charge on any atom is -0.396 e. The Morgan fingerprint density at radius 3 is 2.81 bits per heavy atom. The highest BCUT2D eigenvalue weighted by Gasteiger charge is 2.66. The SMILES string of the molecule is O=C(NCCCCCO)[C@H]1[C@H]2C(=O)N(c3ccc(Cl)cc3)C[C@]23C=C[C@H]1O3. The number of hydrogen-bond donors (Lipinski definition) is 2. The van der Waals surface area contributed by atoms with Gasteiger partial charge in [-0.05, 0) is 43.5 Å². The Balaban J connectivity index is 1.48. The van der Waals surface area contributed by atoms with Crippen molar-refractivity contribution in [1.29, 1.82) is 0 Å². The third kappa shape index (κ3) is 3.16. The second-order valence-corrected chi connectivity index (χ2v) is 7.81. The van der Waals surface area contributed by atoms with E-state index in [-0.39, 0.29) is 24.5 Å². The molecule has 2 fully saturated rings. The zero-order valence-electron chi connectivity index (χ0n) is 14.9. The van der Waals surface area contributed by atoms with Gasteiger partial charge in [-0.25, -0.2) is 0 Å². The monoisotopic (exact) mass is 390 g/mol. The molecule has 2 amide bonds. The van der Waals surface area contributed by atoms with Crippen molar-refractivity contribution in [3.05, 3.63) is 41.4 Å². The lowest BCUT2D eigenvalue weighted by Gasteiger charge is -2.23. The number of ether oxygens (including phenoxy) is 1. The molecule has 7 heteroatoms. The van der Waals surface area contributed by atoms with Crippen LogP contribution in [0.2, 0.25) is 5.02 Å². The number of unbranched alkanes of at least 4 members (excludes halogenated alkanes) is 2. The van der Waals surface area contributed by atoms with Crippen LogP contribution in [0, 0.1) is 11.8 Å². The molecule has 27 heavy (non-hydrogen) atoms. The Morgan fingerprint density at radius 1 is 1.30 bits per heavy atom. The van der Waals surface area contributed by atoms with E-state index >= 15 is 0 Å². The molecule has 1 aromatic carbocycles. The van der Waals surface area contributed by atoms with Gasteiger partial charge in [0.1, 0.15) is 5.60 Å². The average Bonchev–Trinajstić information content (AvgIpc) is 3.30. The normalized spacial score (nSPS) is 30.8. The fraction of sp³-hybridized carbons (Fsp3) is 0.500. The van der Waals surface area contributed by atoms with Crippen molar-refractivity contribution in [2.75, 3.05) is 24.6 Å². The lowest BCUT2D eigenvalue weighted by atomic mass is 9.77. The number of amides is 2. The van der Waals surface area contributed by atoms with E-state index in [0.717, 1.165) is 24.9 Å². The summed E-state index contributed by atoms with van der Waals surface area (Å²) in [7, 11) is 0. The van der Waals surface area contributed by atoms with Crippen molar-refractivity contribution in [2.24, 2.45) is 11.8 Å². The molecule has 0 aromatic heterocycles.